The van der Waals surface area contributed by atoms with Crippen LogP contribution in [0.1, 0.15) is 115 Å². The number of aromatic nitrogens is 3. The van der Waals surface area contributed by atoms with E-state index in [0.29, 0.717) is 28.5 Å². The van der Waals surface area contributed by atoms with Crippen molar-refractivity contribution in [2.45, 2.75) is 125 Å². The van der Waals surface area contributed by atoms with E-state index in [4.69, 9.17) is 5.73 Å². The summed E-state index contributed by atoms with van der Waals surface area (Å²) in [7, 11) is -6.97. The summed E-state index contributed by atoms with van der Waals surface area (Å²) in [6.07, 6.45) is 5.70. The number of benzene rings is 3. The van der Waals surface area contributed by atoms with Gasteiger partial charge in [-0.05, 0) is 136 Å². The smallest absolute Gasteiger partial charge is 0.370 e. The average Bonchev–Trinajstić information content (AvgIpc) is 3.28. The fourth-order valence-corrected chi connectivity index (χ4v) is 13.0. The number of nitrogens with one attached hydrogen (secondary N) is 5. The molecule has 27 heteroatoms. The summed E-state index contributed by atoms with van der Waals surface area (Å²) in [5, 5.41) is 10.8. The van der Waals surface area contributed by atoms with Crippen molar-refractivity contribution in [1.82, 2.24) is 45.2 Å². The molecule has 0 radical (unpaired) electrons. The highest BCUT2D eigenvalue weighted by atomic mass is 32.2. The summed E-state index contributed by atoms with van der Waals surface area (Å²) in [5.74, 6) is -4.43. The van der Waals surface area contributed by atoms with Gasteiger partial charge in [0.1, 0.15) is 29.9 Å². The van der Waals surface area contributed by atoms with Crippen LogP contribution in [0.5, 0.6) is 0 Å². The molecule has 5 aromatic rings. The van der Waals surface area contributed by atoms with Crippen LogP contribution in [0.4, 0.5) is 0 Å². The molecule has 3 aromatic carbocycles. The van der Waals surface area contributed by atoms with Gasteiger partial charge in [0.25, 0.3) is 11.4 Å². The van der Waals surface area contributed by atoms with Crippen LogP contribution in [0.15, 0.2) is 76.4 Å². The molecule has 8 amide bonds. The third-order valence-corrected chi connectivity index (χ3v) is 18.2. The lowest BCUT2D eigenvalue weighted by Gasteiger charge is -2.39. The number of sulfone groups is 1. The van der Waals surface area contributed by atoms with Gasteiger partial charge in [-0.1, -0.05) is 18.2 Å². The third kappa shape index (κ3) is 13.1. The molecule has 2 unspecified atom stereocenters. The van der Waals surface area contributed by atoms with E-state index in [-0.39, 0.29) is 115 Å². The van der Waals surface area contributed by atoms with Crippen molar-refractivity contribution in [3.05, 3.63) is 99.6 Å². The number of piperidine rings is 1. The van der Waals surface area contributed by atoms with Crippen molar-refractivity contribution in [3.63, 3.8) is 0 Å². The first kappa shape index (κ1) is 58.8. The summed E-state index contributed by atoms with van der Waals surface area (Å²) in [6, 6.07) is 11.4. The number of nitrogens with zero attached hydrogens (tertiary/aromatic N) is 4. The molecular weight excluding hydrogens is 1100 g/mol. The number of nitrogens with two attached hydrogens (primary N) is 1. The molecule has 5 atom stereocenters. The molecule has 4 fully saturated rings. The Labute approximate surface area is 470 Å². The average molecular weight is 1170 g/mol. The number of rotatable bonds is 18. The summed E-state index contributed by atoms with van der Waals surface area (Å²) in [4.78, 5) is 159. The Hall–Kier alpha value is -7.80. The lowest BCUT2D eigenvalue weighted by molar-refractivity contribution is -0.146. The van der Waals surface area contributed by atoms with Crippen LogP contribution in [0.25, 0.3) is 21.9 Å². The fourth-order valence-electron chi connectivity index (χ4n) is 11.9. The Morgan fingerprint density at radius 2 is 1.55 bits per heavy atom. The van der Waals surface area contributed by atoms with E-state index in [2.05, 4.69) is 26.3 Å². The molecule has 2 aromatic heterocycles. The number of carbonyl (C=O) groups is 9. The molecule has 1 aliphatic carbocycles. The maximum atomic E-state index is 15.0. The lowest BCUT2D eigenvalue weighted by Crippen LogP contribution is -2.62. The molecule has 82 heavy (non-hydrogen) atoms. The van der Waals surface area contributed by atoms with E-state index in [1.807, 2.05) is 18.2 Å². The van der Waals surface area contributed by atoms with Crippen molar-refractivity contribution in [3.8, 4) is 0 Å². The van der Waals surface area contributed by atoms with Gasteiger partial charge in [0, 0.05) is 74.7 Å². The maximum absolute atomic E-state index is 15.0. The number of aryl methyl sites for hydroxylation is 1. The summed E-state index contributed by atoms with van der Waals surface area (Å²) in [5.41, 5.74) is 6.45. The predicted octanol–water partition coefficient (Wildman–Crippen LogP) is 1.72. The number of hydrogen-bond acceptors (Lipinski definition) is 13. The summed E-state index contributed by atoms with van der Waals surface area (Å²) < 4.78 is 38.6. The summed E-state index contributed by atoms with van der Waals surface area (Å²) >= 11 is 0. The molecule has 3 aliphatic heterocycles. The van der Waals surface area contributed by atoms with E-state index in [1.165, 1.54) is 62.6 Å². The van der Waals surface area contributed by atoms with E-state index < -0.39 is 88.6 Å². The quantitative estimate of drug-likeness (QED) is 0.0457. The SMILES string of the molecule is Cn1c(=O)n(C2CCC(=O)NC2=O)c2ccc(CC3CCC(CC(=O)N4CC[C@H]5CC[C@@H](C(=O)NC(CCC(N)=O)C(=O)NCc6ccc(S(C)(=O)=O)cc6)N5C(=O)[C@@H](NC(=O)c5cc6cc(C(=O)P(=O)(O)O)ccc6[nH]5)C4)CC3)cc21. The number of carbonyl (C=O) groups excluding carboxylic acids is 9. The Kier molecular flexibility index (Phi) is 17.2. The number of H-pyrrole nitrogens is 1. The molecule has 4 aliphatic rings. The highest BCUT2D eigenvalue weighted by Crippen LogP contribution is 2.40. The van der Waals surface area contributed by atoms with Crippen molar-refractivity contribution < 1.29 is 65.9 Å². The minimum atomic E-state index is -5.14. The minimum Gasteiger partial charge on any atom is -0.370 e. The number of amides is 8. The van der Waals surface area contributed by atoms with Crippen molar-refractivity contribution in [2.75, 3.05) is 19.3 Å². The monoisotopic (exact) mass is 1170 g/mol. The molecule has 0 spiro atoms. The van der Waals surface area contributed by atoms with Crippen molar-refractivity contribution in [2.24, 2.45) is 24.6 Å². The zero-order chi connectivity index (χ0) is 58.9. The zero-order valence-corrected chi connectivity index (χ0v) is 46.8. The second kappa shape index (κ2) is 24.0. The Bertz CT molecular complexity index is 3640. The van der Waals surface area contributed by atoms with Gasteiger partial charge in [0.05, 0.1) is 15.9 Å². The van der Waals surface area contributed by atoms with E-state index in [9.17, 15) is 65.9 Å². The first-order chi connectivity index (χ1) is 38.8. The first-order valence-electron chi connectivity index (χ1n) is 27.2. The third-order valence-electron chi connectivity index (χ3n) is 16.3. The second-order valence-corrected chi connectivity index (χ2v) is 25.5. The van der Waals surface area contributed by atoms with Crippen LogP contribution in [-0.4, -0.2) is 138 Å². The summed E-state index contributed by atoms with van der Waals surface area (Å²) in [6.45, 7) is -0.168. The molecule has 5 heterocycles. The molecule has 3 saturated heterocycles. The van der Waals surface area contributed by atoms with Crippen molar-refractivity contribution >= 4 is 92.2 Å². The molecular formula is C55H65N10O15PS. The number of primary amides is 1. The highest BCUT2D eigenvalue weighted by Gasteiger charge is 2.46. The van der Waals surface area contributed by atoms with Gasteiger partial charge in [0.15, 0.2) is 9.84 Å². The van der Waals surface area contributed by atoms with Gasteiger partial charge in [0.2, 0.25) is 41.4 Å². The zero-order valence-electron chi connectivity index (χ0n) is 45.1. The van der Waals surface area contributed by atoms with Gasteiger partial charge in [-0.3, -0.25) is 62.2 Å². The lowest BCUT2D eigenvalue weighted by atomic mass is 9.78. The van der Waals surface area contributed by atoms with Crippen LogP contribution >= 0.6 is 7.60 Å². The van der Waals surface area contributed by atoms with Crippen LogP contribution in [0, 0.1) is 11.8 Å². The first-order valence-corrected chi connectivity index (χ1v) is 30.7. The van der Waals surface area contributed by atoms with E-state index in [1.54, 1.807) is 11.9 Å². The number of hydrogen-bond donors (Lipinski definition) is 8. The molecule has 25 nitrogen and oxygen atoms in total. The van der Waals surface area contributed by atoms with E-state index in [0.717, 1.165) is 43.9 Å². The van der Waals surface area contributed by atoms with Gasteiger partial charge in [-0.2, -0.15) is 0 Å². The Morgan fingerprint density at radius 1 is 0.841 bits per heavy atom. The highest BCUT2D eigenvalue weighted by molar-refractivity contribution is 7.90. The van der Waals surface area contributed by atoms with Gasteiger partial charge >= 0.3 is 13.3 Å². The second-order valence-electron chi connectivity index (χ2n) is 22.0. The topological polar surface area (TPSA) is 369 Å². The van der Waals surface area contributed by atoms with Crippen molar-refractivity contribution in [1.29, 1.82) is 0 Å². The van der Waals surface area contributed by atoms with Gasteiger partial charge < -0.3 is 46.3 Å². The fraction of sp³-hybridized carbons (Fsp3) is 0.455. The number of fused-ring (bicyclic) bond motifs is 3. The van der Waals surface area contributed by atoms with Crippen LogP contribution in [0.2, 0.25) is 0 Å². The number of aromatic amines is 1. The largest absolute Gasteiger partial charge is 0.396 e. The normalized spacial score (nSPS) is 22.0. The molecule has 436 valence electrons. The molecule has 9 rings (SSSR count). The van der Waals surface area contributed by atoms with Gasteiger partial charge in [-0.25, -0.2) is 13.2 Å². The molecule has 0 bridgehead atoms. The van der Waals surface area contributed by atoms with Crippen LogP contribution < -0.4 is 32.7 Å². The predicted molar refractivity (Wildman–Crippen MR) is 295 cm³/mol. The van der Waals surface area contributed by atoms with Crippen LogP contribution in [-0.2, 0) is 68.0 Å². The number of imidazole rings is 1. The molecule has 9 N–H and O–H groups in total. The number of imide groups is 1. The van der Waals surface area contributed by atoms with Gasteiger partial charge in [-0.15, -0.1) is 0 Å². The van der Waals surface area contributed by atoms with E-state index >= 15 is 4.79 Å². The Balaban J connectivity index is 0.889. The Morgan fingerprint density at radius 3 is 2.23 bits per heavy atom. The minimum absolute atomic E-state index is 0.00803. The maximum Gasteiger partial charge on any atom is 0.396 e. The standard InChI is InChI=1S/C55H65N10O15PS/c1-62-45-24-33(9-16-42(45)65(55(62)75)44-18-20-47(67)61-52(44)72)23-30-3-5-31(6-4-30)25-48(68)63-22-21-36-11-17-43(51(71)59-39(15-19-46(56)66)49(69)57-28-32-7-12-37(13-8-32)82(2,79)80)64(36)53(73)41(29-63)60-50(70)40-27-35-26-34(10-14-38(35)58-40)54(74)81(76,77)78/h7-10,12-14,16,24,26-27,30-31,36,39,41,43-44,58H,3-6,11,15,17-23,25,28-29H2,1-2H3,(H2,56,66)(H,57,69)(H,59,71)(H,60,70)(H,61,67,72)(H2,76,77,78)/t30?,31?,36-,39?,41+,43+,44?/m1/s1. The van der Waals surface area contributed by atoms with Crippen LogP contribution in [0.3, 0.4) is 0 Å². The molecule has 1 saturated carbocycles.